The zero-order valence-electron chi connectivity index (χ0n) is 14.6. The highest BCUT2D eigenvalue weighted by molar-refractivity contribution is 7.09. The lowest BCUT2D eigenvalue weighted by atomic mass is 10.1. The maximum absolute atomic E-state index is 12.0. The number of amides is 1. The van der Waals surface area contributed by atoms with Gasteiger partial charge >= 0.3 is 0 Å². The van der Waals surface area contributed by atoms with E-state index in [0.717, 1.165) is 32.4 Å². The quantitative estimate of drug-likeness (QED) is 0.663. The molecule has 0 fully saturated rings. The van der Waals surface area contributed by atoms with Crippen molar-refractivity contribution in [2.45, 2.75) is 20.4 Å². The first-order chi connectivity index (χ1) is 12.5. The fourth-order valence-corrected chi connectivity index (χ4v) is 3.35. The van der Waals surface area contributed by atoms with Crippen molar-refractivity contribution >= 4 is 28.8 Å². The molecule has 0 aliphatic rings. The van der Waals surface area contributed by atoms with E-state index in [9.17, 15) is 4.79 Å². The molecule has 2 aromatic carbocycles. The molecule has 0 bridgehead atoms. The number of aryl methyl sites for hydroxylation is 2. The standard InChI is InChI=1S/C20H19ClN2O2S/c1-13-8-16(9-14(2)20(13)21)25-11-18(24)22-10-19-23-17(12-26-19)15-6-4-3-5-7-15/h3-9,12H,10-11H2,1-2H3,(H,22,24). The van der Waals surface area contributed by atoms with Crippen molar-refractivity contribution in [3.63, 3.8) is 0 Å². The fraction of sp³-hybridized carbons (Fsp3) is 0.200. The number of nitrogens with one attached hydrogen (secondary N) is 1. The summed E-state index contributed by atoms with van der Waals surface area (Å²) in [4.78, 5) is 16.6. The Hall–Kier alpha value is -2.37. The number of halogens is 1. The molecule has 0 radical (unpaired) electrons. The Balaban J connectivity index is 1.51. The largest absolute Gasteiger partial charge is 0.484 e. The van der Waals surface area contributed by atoms with E-state index in [1.807, 2.05) is 61.7 Å². The Morgan fingerprint density at radius 3 is 2.58 bits per heavy atom. The van der Waals surface area contributed by atoms with E-state index in [0.29, 0.717) is 12.3 Å². The van der Waals surface area contributed by atoms with Crippen LogP contribution in [0.3, 0.4) is 0 Å². The molecule has 1 amide bonds. The molecule has 134 valence electrons. The van der Waals surface area contributed by atoms with Gasteiger partial charge < -0.3 is 10.1 Å². The highest BCUT2D eigenvalue weighted by Gasteiger charge is 2.08. The van der Waals surface area contributed by atoms with Crippen LogP contribution in [0.4, 0.5) is 0 Å². The predicted octanol–water partition coefficient (Wildman–Crippen LogP) is 4.78. The molecule has 0 aliphatic carbocycles. The monoisotopic (exact) mass is 386 g/mol. The van der Waals surface area contributed by atoms with Gasteiger partial charge in [0.15, 0.2) is 6.61 Å². The van der Waals surface area contributed by atoms with E-state index < -0.39 is 0 Å². The summed E-state index contributed by atoms with van der Waals surface area (Å²) in [5.74, 6) is 0.451. The van der Waals surface area contributed by atoms with Crippen LogP contribution < -0.4 is 10.1 Å². The summed E-state index contributed by atoms with van der Waals surface area (Å²) in [6.07, 6.45) is 0. The number of hydrogen-bond acceptors (Lipinski definition) is 4. The molecular formula is C20H19ClN2O2S. The van der Waals surface area contributed by atoms with Crippen LogP contribution in [0.15, 0.2) is 47.8 Å². The molecule has 0 spiro atoms. The lowest BCUT2D eigenvalue weighted by Gasteiger charge is -2.10. The molecule has 0 atom stereocenters. The molecule has 1 N–H and O–H groups in total. The second-order valence-electron chi connectivity index (χ2n) is 5.93. The molecule has 0 saturated heterocycles. The number of rotatable bonds is 6. The zero-order chi connectivity index (χ0) is 18.5. The van der Waals surface area contributed by atoms with Gasteiger partial charge in [-0.2, -0.15) is 0 Å². The number of ether oxygens (including phenoxy) is 1. The Morgan fingerprint density at radius 2 is 1.88 bits per heavy atom. The summed E-state index contributed by atoms with van der Waals surface area (Å²) in [6.45, 7) is 4.17. The Bertz CT molecular complexity index is 886. The Labute approximate surface area is 161 Å². The van der Waals surface area contributed by atoms with Crippen molar-refractivity contribution in [2.24, 2.45) is 0 Å². The van der Waals surface area contributed by atoms with Gasteiger partial charge in [-0.1, -0.05) is 41.9 Å². The average Bonchev–Trinajstić information content (AvgIpc) is 3.12. The van der Waals surface area contributed by atoms with E-state index in [-0.39, 0.29) is 12.5 Å². The third-order valence-corrected chi connectivity index (χ3v) is 5.28. The first-order valence-electron chi connectivity index (χ1n) is 8.19. The van der Waals surface area contributed by atoms with Gasteiger partial charge in [0, 0.05) is 16.0 Å². The summed E-state index contributed by atoms with van der Waals surface area (Å²) in [7, 11) is 0. The number of carbonyl (C=O) groups excluding carboxylic acids is 1. The number of benzene rings is 2. The van der Waals surface area contributed by atoms with Crippen LogP contribution >= 0.6 is 22.9 Å². The smallest absolute Gasteiger partial charge is 0.258 e. The number of hydrogen-bond donors (Lipinski definition) is 1. The second-order valence-corrected chi connectivity index (χ2v) is 7.25. The van der Waals surface area contributed by atoms with Crippen LogP contribution in [0, 0.1) is 13.8 Å². The number of aromatic nitrogens is 1. The van der Waals surface area contributed by atoms with Gasteiger partial charge in [-0.25, -0.2) is 4.98 Å². The SMILES string of the molecule is Cc1cc(OCC(=O)NCc2nc(-c3ccccc3)cs2)cc(C)c1Cl. The maximum Gasteiger partial charge on any atom is 0.258 e. The number of thiazole rings is 1. The van der Waals surface area contributed by atoms with Crippen molar-refractivity contribution in [2.75, 3.05) is 6.61 Å². The van der Waals surface area contributed by atoms with Crippen molar-refractivity contribution in [1.82, 2.24) is 10.3 Å². The molecule has 6 heteroatoms. The van der Waals surface area contributed by atoms with E-state index >= 15 is 0 Å². The van der Waals surface area contributed by atoms with Crippen molar-refractivity contribution < 1.29 is 9.53 Å². The van der Waals surface area contributed by atoms with Crippen LogP contribution in [0.1, 0.15) is 16.1 Å². The topological polar surface area (TPSA) is 51.2 Å². The van der Waals surface area contributed by atoms with Crippen LogP contribution in [-0.4, -0.2) is 17.5 Å². The lowest BCUT2D eigenvalue weighted by Crippen LogP contribution is -2.28. The molecule has 3 aromatic rings. The summed E-state index contributed by atoms with van der Waals surface area (Å²) < 4.78 is 5.56. The van der Waals surface area contributed by atoms with Gasteiger partial charge in [-0.3, -0.25) is 4.79 Å². The van der Waals surface area contributed by atoms with Crippen LogP contribution in [-0.2, 0) is 11.3 Å². The Kier molecular flexibility index (Phi) is 5.91. The first kappa shape index (κ1) is 18.4. The van der Waals surface area contributed by atoms with Crippen molar-refractivity contribution in [3.8, 4) is 17.0 Å². The fourth-order valence-electron chi connectivity index (χ4n) is 2.50. The molecule has 0 unspecified atom stereocenters. The number of carbonyl (C=O) groups is 1. The summed E-state index contributed by atoms with van der Waals surface area (Å²) >= 11 is 7.66. The molecule has 26 heavy (non-hydrogen) atoms. The van der Waals surface area contributed by atoms with Crippen molar-refractivity contribution in [1.29, 1.82) is 0 Å². The minimum atomic E-state index is -0.188. The molecule has 4 nitrogen and oxygen atoms in total. The van der Waals surface area contributed by atoms with Crippen LogP contribution in [0.5, 0.6) is 5.75 Å². The minimum absolute atomic E-state index is 0.0442. The normalized spacial score (nSPS) is 10.6. The van der Waals surface area contributed by atoms with Crippen LogP contribution in [0.25, 0.3) is 11.3 Å². The molecule has 0 saturated carbocycles. The third kappa shape index (κ3) is 4.62. The van der Waals surface area contributed by atoms with Gasteiger partial charge in [0.25, 0.3) is 5.91 Å². The predicted molar refractivity (Wildman–Crippen MR) is 106 cm³/mol. The lowest BCUT2D eigenvalue weighted by molar-refractivity contribution is -0.123. The van der Waals surface area contributed by atoms with Gasteiger partial charge in [-0.05, 0) is 37.1 Å². The van der Waals surface area contributed by atoms with E-state index in [1.165, 1.54) is 11.3 Å². The highest BCUT2D eigenvalue weighted by Crippen LogP contribution is 2.26. The maximum atomic E-state index is 12.0. The summed E-state index contributed by atoms with van der Waals surface area (Å²) in [5, 5.41) is 6.40. The minimum Gasteiger partial charge on any atom is -0.484 e. The summed E-state index contributed by atoms with van der Waals surface area (Å²) in [6, 6.07) is 13.6. The zero-order valence-corrected chi connectivity index (χ0v) is 16.2. The molecular weight excluding hydrogens is 368 g/mol. The molecule has 0 aliphatic heterocycles. The van der Waals surface area contributed by atoms with E-state index in [2.05, 4.69) is 10.3 Å². The highest BCUT2D eigenvalue weighted by atomic mass is 35.5. The van der Waals surface area contributed by atoms with Gasteiger partial charge in [0.2, 0.25) is 0 Å². The van der Waals surface area contributed by atoms with Gasteiger partial charge in [0.1, 0.15) is 10.8 Å². The Morgan fingerprint density at radius 1 is 1.19 bits per heavy atom. The second kappa shape index (κ2) is 8.34. The first-order valence-corrected chi connectivity index (χ1v) is 9.45. The van der Waals surface area contributed by atoms with E-state index in [1.54, 1.807) is 0 Å². The van der Waals surface area contributed by atoms with E-state index in [4.69, 9.17) is 16.3 Å². The van der Waals surface area contributed by atoms with Gasteiger partial charge in [-0.15, -0.1) is 11.3 Å². The average molecular weight is 387 g/mol. The third-order valence-electron chi connectivity index (χ3n) is 3.84. The summed E-state index contributed by atoms with van der Waals surface area (Å²) in [5.41, 5.74) is 3.85. The molecule has 3 rings (SSSR count). The van der Waals surface area contributed by atoms with Gasteiger partial charge in [0.05, 0.1) is 12.2 Å². The van der Waals surface area contributed by atoms with Crippen LogP contribution in [0.2, 0.25) is 5.02 Å². The molecule has 1 heterocycles. The van der Waals surface area contributed by atoms with Crippen molar-refractivity contribution in [3.05, 3.63) is 69.0 Å². The number of nitrogens with zero attached hydrogens (tertiary/aromatic N) is 1. The molecule has 1 aromatic heterocycles.